The van der Waals surface area contributed by atoms with Crippen LogP contribution in [-0.2, 0) is 19.1 Å². The second kappa shape index (κ2) is 53.2. The highest BCUT2D eigenvalue weighted by Gasteiger charge is 2.26. The Balaban J connectivity index is 0. The second-order valence-electron chi connectivity index (χ2n) is 20.2. The quantitative estimate of drug-likeness (QED) is 0.0352. The van der Waals surface area contributed by atoms with Gasteiger partial charge in [0, 0.05) is 43.5 Å². The molecule has 1 amide bonds. The van der Waals surface area contributed by atoms with Crippen molar-refractivity contribution in [3.63, 3.8) is 0 Å². The molecule has 0 aliphatic carbocycles. The summed E-state index contributed by atoms with van der Waals surface area (Å²) in [7, 11) is 3.57. The lowest BCUT2D eigenvalue weighted by molar-refractivity contribution is -0.151. The molecule has 0 aromatic heterocycles. The zero-order chi connectivity index (χ0) is 48.6. The van der Waals surface area contributed by atoms with E-state index < -0.39 is 5.97 Å². The summed E-state index contributed by atoms with van der Waals surface area (Å²) in [6, 6.07) is 0.288. The summed E-state index contributed by atoms with van der Waals surface area (Å²) in [5.74, 6) is 2.61. The van der Waals surface area contributed by atoms with Gasteiger partial charge in [0.25, 0.3) is 0 Å². The summed E-state index contributed by atoms with van der Waals surface area (Å²) < 4.78 is 6.30. The van der Waals surface area contributed by atoms with Gasteiger partial charge in [-0.3, -0.25) is 14.4 Å². The number of carbonyl (C=O) groups is 3. The third kappa shape index (κ3) is 43.8. The molecular formula is C57H113ClN2O5S2. The van der Waals surface area contributed by atoms with E-state index in [-0.39, 0.29) is 36.8 Å². The molecule has 0 rings (SSSR count). The van der Waals surface area contributed by atoms with Gasteiger partial charge < -0.3 is 20.5 Å². The lowest BCUT2D eigenvalue weighted by Gasteiger charge is -2.33. The number of carboxylic acids is 1. The van der Waals surface area contributed by atoms with Crippen molar-refractivity contribution in [2.75, 3.05) is 31.2 Å². The van der Waals surface area contributed by atoms with Gasteiger partial charge in [-0.15, -0.1) is 12.4 Å². The van der Waals surface area contributed by atoms with E-state index in [0.717, 1.165) is 108 Å². The number of carboxylic acid groups (broad SMARTS) is 1. The maximum absolute atomic E-state index is 14.0. The average molecular weight is 1010 g/mol. The molecule has 67 heavy (non-hydrogen) atoms. The summed E-state index contributed by atoms with van der Waals surface area (Å²) in [4.78, 5) is 41.3. The Morgan fingerprint density at radius 3 is 1.45 bits per heavy atom. The lowest BCUT2D eigenvalue weighted by Crippen LogP contribution is -2.41. The van der Waals surface area contributed by atoms with E-state index in [4.69, 9.17) is 15.6 Å². The van der Waals surface area contributed by atoms with Crippen LogP contribution in [0.3, 0.4) is 0 Å². The second-order valence-corrected chi connectivity index (χ2v) is 22.9. The molecule has 0 aliphatic heterocycles. The molecule has 0 heterocycles. The molecule has 7 nitrogen and oxygen atoms in total. The topological polar surface area (TPSA) is 110 Å². The van der Waals surface area contributed by atoms with Crippen LogP contribution in [0.5, 0.6) is 0 Å². The Morgan fingerprint density at radius 2 is 0.910 bits per heavy atom. The number of carbonyl (C=O) groups excluding carboxylic acids is 2. The third-order valence-electron chi connectivity index (χ3n) is 14.0. The molecule has 0 fully saturated rings. The minimum absolute atomic E-state index is 0. The van der Waals surface area contributed by atoms with Gasteiger partial charge in [0.1, 0.15) is 0 Å². The van der Waals surface area contributed by atoms with E-state index in [9.17, 15) is 14.4 Å². The smallest absolute Gasteiger partial charge is 0.308 e. The first-order valence-electron chi connectivity index (χ1n) is 28.9. The summed E-state index contributed by atoms with van der Waals surface area (Å²) in [5.41, 5.74) is 5.73. The van der Waals surface area contributed by atoms with Gasteiger partial charge in [-0.1, -0.05) is 249 Å². The number of hydrogen-bond acceptors (Lipinski definition) is 7. The van der Waals surface area contributed by atoms with Crippen LogP contribution in [-0.4, -0.2) is 65.1 Å². The van der Waals surface area contributed by atoms with Crippen molar-refractivity contribution in [1.82, 2.24) is 4.90 Å². The minimum atomic E-state index is -0.696. The molecule has 0 spiro atoms. The molecule has 400 valence electrons. The summed E-state index contributed by atoms with van der Waals surface area (Å²) >= 11 is 0. The van der Waals surface area contributed by atoms with E-state index >= 15 is 0 Å². The monoisotopic (exact) mass is 1000 g/mol. The maximum atomic E-state index is 14.0. The van der Waals surface area contributed by atoms with Gasteiger partial charge >= 0.3 is 11.9 Å². The Hall–Kier alpha value is -0.640. The lowest BCUT2D eigenvalue weighted by atomic mass is 9.84. The molecule has 0 saturated carbocycles. The maximum Gasteiger partial charge on any atom is 0.308 e. The first-order valence-corrected chi connectivity index (χ1v) is 31.4. The number of nitrogens with zero attached hydrogens (tertiary/aromatic N) is 1. The van der Waals surface area contributed by atoms with Crippen molar-refractivity contribution in [2.24, 2.45) is 23.5 Å². The molecular weight excluding hydrogens is 892 g/mol. The van der Waals surface area contributed by atoms with E-state index in [1.165, 1.54) is 154 Å². The van der Waals surface area contributed by atoms with E-state index in [0.29, 0.717) is 37.3 Å². The summed E-state index contributed by atoms with van der Waals surface area (Å²) in [6.45, 7) is 13.5. The highest BCUT2D eigenvalue weighted by molar-refractivity contribution is 8.76. The number of ether oxygens (including phenoxy) is 1. The van der Waals surface area contributed by atoms with Crippen molar-refractivity contribution in [3.05, 3.63) is 0 Å². The minimum Gasteiger partial charge on any atom is -0.481 e. The highest BCUT2D eigenvalue weighted by Crippen LogP contribution is 2.30. The van der Waals surface area contributed by atoms with E-state index in [1.807, 2.05) is 0 Å². The molecule has 0 saturated heterocycles. The first-order chi connectivity index (χ1) is 32.3. The molecule has 10 heteroatoms. The standard InChI is InChI=1S/C57H112N2O5S2.ClH/c1-6-11-16-19-22-28-35-46-59(55(60)44-47-65-66-48-45-58)54(41-32-25-20-21-27-34-43-56(61)62)42-33-26-23-24-31-40-53(49-51(36-14-9-4)38-29-17-12-7-2)57(63)64-50-52(37-15-10-5)39-30-18-13-8-3;/h51-54H,6-50,58H2,1-5H3,(H,61,62);1H. The molecule has 0 aromatic rings. The predicted molar refractivity (Wildman–Crippen MR) is 299 cm³/mol. The average Bonchev–Trinajstić information content (AvgIpc) is 3.31. The van der Waals surface area contributed by atoms with Crippen molar-refractivity contribution in [3.8, 4) is 0 Å². The number of amides is 1. The van der Waals surface area contributed by atoms with Crippen LogP contribution in [0.15, 0.2) is 0 Å². The van der Waals surface area contributed by atoms with Gasteiger partial charge in [-0.2, -0.15) is 0 Å². The predicted octanol–water partition coefficient (Wildman–Crippen LogP) is 18.1. The Kier molecular flexibility index (Phi) is 54.3. The number of unbranched alkanes of at least 4 members (excludes halogenated alkanes) is 23. The Labute approximate surface area is 430 Å². The van der Waals surface area contributed by atoms with Gasteiger partial charge in [0.05, 0.1) is 12.5 Å². The number of nitrogens with two attached hydrogens (primary N) is 1. The highest BCUT2D eigenvalue weighted by atomic mass is 35.5. The fourth-order valence-corrected chi connectivity index (χ4v) is 11.6. The summed E-state index contributed by atoms with van der Waals surface area (Å²) in [6.07, 6.45) is 45.6. The van der Waals surface area contributed by atoms with Gasteiger partial charge in [0.15, 0.2) is 0 Å². The number of halogens is 1. The van der Waals surface area contributed by atoms with Crippen molar-refractivity contribution in [1.29, 1.82) is 0 Å². The largest absolute Gasteiger partial charge is 0.481 e. The summed E-state index contributed by atoms with van der Waals surface area (Å²) in [5, 5.41) is 9.02. The normalized spacial score (nSPS) is 13.2. The van der Waals surface area contributed by atoms with Crippen LogP contribution in [0, 0.1) is 17.8 Å². The third-order valence-corrected chi connectivity index (χ3v) is 16.4. The molecule has 4 atom stereocenters. The van der Waals surface area contributed by atoms with Crippen LogP contribution in [0.2, 0.25) is 0 Å². The van der Waals surface area contributed by atoms with Gasteiger partial charge in [-0.05, 0) is 63.2 Å². The SMILES string of the molecule is CCCCCCCCCN(C(=O)CCSSCCN)C(CCCCCCCCC(=O)O)CCCCCCCC(CC(CCCC)CCCCCC)C(=O)OCC(CCCC)CCCCCC.Cl. The Bertz CT molecular complexity index is 1070. The molecule has 3 N–H and O–H groups in total. The first kappa shape index (κ1) is 68.4. The van der Waals surface area contributed by atoms with Gasteiger partial charge in [0.2, 0.25) is 5.91 Å². The van der Waals surface area contributed by atoms with Crippen molar-refractivity contribution < 1.29 is 24.2 Å². The number of hydrogen-bond donors (Lipinski definition) is 2. The number of esters is 1. The Morgan fingerprint density at radius 1 is 0.493 bits per heavy atom. The zero-order valence-corrected chi connectivity index (χ0v) is 47.4. The van der Waals surface area contributed by atoms with Crippen molar-refractivity contribution in [2.45, 2.75) is 297 Å². The molecule has 0 aliphatic rings. The van der Waals surface area contributed by atoms with E-state index in [2.05, 4.69) is 39.5 Å². The van der Waals surface area contributed by atoms with Gasteiger partial charge in [-0.25, -0.2) is 0 Å². The number of aliphatic carboxylic acids is 1. The zero-order valence-electron chi connectivity index (χ0n) is 45.0. The molecule has 0 bridgehead atoms. The van der Waals surface area contributed by atoms with Crippen LogP contribution < -0.4 is 5.73 Å². The molecule has 0 aromatic carbocycles. The van der Waals surface area contributed by atoms with E-state index in [1.54, 1.807) is 21.6 Å². The van der Waals surface area contributed by atoms with Crippen LogP contribution in [0.4, 0.5) is 0 Å². The number of rotatable bonds is 53. The molecule has 4 unspecified atom stereocenters. The van der Waals surface area contributed by atoms with Crippen LogP contribution in [0.25, 0.3) is 0 Å². The fourth-order valence-electron chi connectivity index (χ4n) is 9.76. The molecule has 0 radical (unpaired) electrons. The van der Waals surface area contributed by atoms with Crippen LogP contribution in [0.1, 0.15) is 291 Å². The van der Waals surface area contributed by atoms with Crippen LogP contribution >= 0.6 is 34.0 Å². The van der Waals surface area contributed by atoms with Crippen molar-refractivity contribution >= 4 is 51.8 Å². The fraction of sp³-hybridized carbons (Fsp3) is 0.947.